The van der Waals surface area contributed by atoms with Gasteiger partial charge in [0.05, 0.1) is 34.2 Å². The van der Waals surface area contributed by atoms with E-state index in [1.165, 1.54) is 13.8 Å². The molecule has 3 unspecified atom stereocenters. The van der Waals surface area contributed by atoms with Crippen molar-refractivity contribution in [1.29, 1.82) is 0 Å². The van der Waals surface area contributed by atoms with Gasteiger partial charge in [-0.1, -0.05) is 12.2 Å². The second-order valence-electron chi connectivity index (χ2n) is 6.85. The number of esters is 2. The third-order valence-electron chi connectivity index (χ3n) is 5.04. The molecule has 27 heavy (non-hydrogen) atoms. The number of hydrogen-bond acceptors (Lipinski definition) is 7. The molecule has 0 N–H and O–H groups in total. The number of carbonyl (C=O) groups excluding carboxylic acids is 2. The van der Waals surface area contributed by atoms with Gasteiger partial charge in [0.1, 0.15) is 18.3 Å². The van der Waals surface area contributed by atoms with Crippen molar-refractivity contribution in [2.45, 2.75) is 51.4 Å². The highest BCUT2D eigenvalue weighted by atomic mass is 79.9. The first kappa shape index (κ1) is 19.8. The van der Waals surface area contributed by atoms with Crippen LogP contribution < -0.4 is 0 Å². The zero-order chi connectivity index (χ0) is 19.6. The van der Waals surface area contributed by atoms with Crippen molar-refractivity contribution in [3.8, 4) is 0 Å². The van der Waals surface area contributed by atoms with E-state index in [4.69, 9.17) is 14.5 Å². The van der Waals surface area contributed by atoms with Gasteiger partial charge < -0.3 is 9.47 Å². The number of hydrogen-bond donors (Lipinski definition) is 0. The summed E-state index contributed by atoms with van der Waals surface area (Å²) in [6, 6.07) is 0.0495. The lowest BCUT2D eigenvalue weighted by Gasteiger charge is -2.49. The van der Waals surface area contributed by atoms with Crippen LogP contribution in [0.5, 0.6) is 0 Å². The molecule has 1 aliphatic carbocycles. The van der Waals surface area contributed by atoms with Gasteiger partial charge in [0.2, 0.25) is 0 Å². The molecular formula is C19H24BrN3O4. The summed E-state index contributed by atoms with van der Waals surface area (Å²) >= 11 is 3.60. The van der Waals surface area contributed by atoms with Crippen LogP contribution in [0.3, 0.4) is 0 Å². The Bertz CT molecular complexity index is 745. The lowest BCUT2D eigenvalue weighted by Crippen LogP contribution is -2.60. The van der Waals surface area contributed by atoms with E-state index in [-0.39, 0.29) is 30.8 Å². The Hall–Kier alpha value is -1.93. The summed E-state index contributed by atoms with van der Waals surface area (Å²) < 4.78 is 12.4. The molecule has 3 rings (SSSR count). The maximum atomic E-state index is 11.4. The van der Waals surface area contributed by atoms with Gasteiger partial charge in [-0.25, -0.2) is 0 Å². The van der Waals surface area contributed by atoms with Gasteiger partial charge >= 0.3 is 11.9 Å². The minimum absolute atomic E-state index is 0.0495. The molecule has 2 aliphatic heterocycles. The molecule has 0 aromatic carbocycles. The molecule has 0 aromatic heterocycles. The Morgan fingerprint density at radius 2 is 2.11 bits per heavy atom. The Morgan fingerprint density at radius 3 is 2.81 bits per heavy atom. The summed E-state index contributed by atoms with van der Waals surface area (Å²) in [7, 11) is 0. The number of nitrogens with zero attached hydrogens (tertiary/aromatic N) is 3. The zero-order valence-electron chi connectivity index (χ0n) is 15.7. The minimum atomic E-state index is -0.437. The summed E-state index contributed by atoms with van der Waals surface area (Å²) in [6.07, 6.45) is 11.3. The molecule has 0 saturated carbocycles. The monoisotopic (exact) mass is 437 g/mol. The first-order valence-electron chi connectivity index (χ1n) is 9.00. The molecule has 0 bridgehead atoms. The molecule has 0 radical (unpaired) electrons. The average molecular weight is 438 g/mol. The first-order chi connectivity index (χ1) is 12.9. The number of ether oxygens (including phenoxy) is 2. The van der Waals surface area contributed by atoms with Crippen molar-refractivity contribution in [3.05, 3.63) is 36.2 Å². The van der Waals surface area contributed by atoms with Gasteiger partial charge in [0, 0.05) is 26.1 Å². The predicted octanol–water partition coefficient (Wildman–Crippen LogP) is 2.70. The second-order valence-corrected chi connectivity index (χ2v) is 7.62. The highest BCUT2D eigenvalue weighted by molar-refractivity contribution is 9.07. The number of aliphatic imine (C=N–C) groups is 1. The van der Waals surface area contributed by atoms with E-state index in [1.54, 1.807) is 0 Å². The fourth-order valence-electron chi connectivity index (χ4n) is 3.98. The van der Waals surface area contributed by atoms with Crippen LogP contribution in [0.25, 0.3) is 0 Å². The van der Waals surface area contributed by atoms with Crippen molar-refractivity contribution in [3.63, 3.8) is 0 Å². The molecule has 7 nitrogen and oxygen atoms in total. The SMILES string of the molecule is CC(=O)OCCC(C)N1C(COC(C)=O)N=C2C=CC=C3N(Br)C=CCC321. The summed E-state index contributed by atoms with van der Waals surface area (Å²) in [5.41, 5.74) is 1.58. The molecule has 3 atom stereocenters. The maximum Gasteiger partial charge on any atom is 0.302 e. The lowest BCUT2D eigenvalue weighted by molar-refractivity contribution is -0.144. The highest BCUT2D eigenvalue weighted by Gasteiger charge is 2.55. The number of carbonyl (C=O) groups is 2. The van der Waals surface area contributed by atoms with Gasteiger partial charge in [-0.05, 0) is 31.9 Å². The average Bonchev–Trinajstić information content (AvgIpc) is 2.92. The van der Waals surface area contributed by atoms with Gasteiger partial charge in [-0.15, -0.1) is 0 Å². The van der Waals surface area contributed by atoms with Crippen LogP contribution >= 0.6 is 16.1 Å². The van der Waals surface area contributed by atoms with E-state index < -0.39 is 5.54 Å². The van der Waals surface area contributed by atoms with Gasteiger partial charge in [0.25, 0.3) is 0 Å². The van der Waals surface area contributed by atoms with Crippen molar-refractivity contribution < 1.29 is 19.1 Å². The molecule has 3 aliphatic rings. The quantitative estimate of drug-likeness (QED) is 0.469. The Balaban J connectivity index is 1.92. The van der Waals surface area contributed by atoms with Crippen LogP contribution in [0.15, 0.2) is 41.2 Å². The van der Waals surface area contributed by atoms with Crippen molar-refractivity contribution in [1.82, 2.24) is 8.83 Å². The van der Waals surface area contributed by atoms with Crippen molar-refractivity contribution >= 4 is 33.8 Å². The fourth-order valence-corrected chi connectivity index (χ4v) is 4.56. The van der Waals surface area contributed by atoms with Crippen molar-refractivity contribution in [2.24, 2.45) is 4.99 Å². The van der Waals surface area contributed by atoms with Crippen LogP contribution in [0.2, 0.25) is 0 Å². The second kappa shape index (κ2) is 7.98. The smallest absolute Gasteiger partial charge is 0.302 e. The zero-order valence-corrected chi connectivity index (χ0v) is 17.3. The van der Waals surface area contributed by atoms with Crippen LogP contribution in [-0.2, 0) is 19.1 Å². The fraction of sp³-hybridized carbons (Fsp3) is 0.526. The van der Waals surface area contributed by atoms with Crippen molar-refractivity contribution in [2.75, 3.05) is 13.2 Å². The molecule has 2 heterocycles. The summed E-state index contributed by atoms with van der Waals surface area (Å²) in [6.45, 7) is 5.42. The third-order valence-corrected chi connectivity index (χ3v) is 5.66. The van der Waals surface area contributed by atoms with Crippen LogP contribution in [0.1, 0.15) is 33.6 Å². The van der Waals surface area contributed by atoms with E-state index in [2.05, 4.69) is 40.1 Å². The molecule has 0 saturated heterocycles. The van der Waals surface area contributed by atoms with Gasteiger partial charge in [-0.2, -0.15) is 0 Å². The summed E-state index contributed by atoms with van der Waals surface area (Å²) in [5.74, 6) is -0.615. The molecule has 0 fully saturated rings. The summed E-state index contributed by atoms with van der Waals surface area (Å²) in [4.78, 5) is 29.7. The molecule has 0 amide bonds. The van der Waals surface area contributed by atoms with Gasteiger partial charge in [-0.3, -0.25) is 23.4 Å². The predicted molar refractivity (Wildman–Crippen MR) is 105 cm³/mol. The molecular weight excluding hydrogens is 414 g/mol. The number of allylic oxidation sites excluding steroid dienone is 2. The summed E-state index contributed by atoms with van der Waals surface area (Å²) in [5, 5.41) is 0. The Kier molecular flexibility index (Phi) is 5.86. The van der Waals surface area contributed by atoms with Crippen LogP contribution in [-0.4, -0.2) is 57.4 Å². The number of halogens is 1. The van der Waals surface area contributed by atoms with Crippen LogP contribution in [0, 0.1) is 0 Å². The normalized spacial score (nSPS) is 27.4. The third kappa shape index (κ3) is 3.73. The van der Waals surface area contributed by atoms with Gasteiger partial charge in [0.15, 0.2) is 0 Å². The van der Waals surface area contributed by atoms with E-state index in [0.29, 0.717) is 13.0 Å². The van der Waals surface area contributed by atoms with E-state index >= 15 is 0 Å². The minimum Gasteiger partial charge on any atom is -0.466 e. The van der Waals surface area contributed by atoms with E-state index in [0.717, 1.165) is 17.8 Å². The standard InChI is InChI=1S/C19H24BrN3O4/c1-13(8-11-26-14(2)24)23-18(12-27-15(3)25)21-16-6-4-7-17-19(16,23)9-5-10-22(17)20/h4-7,10,13,18H,8-9,11-12H2,1-3H3. The molecule has 8 heteroatoms. The topological polar surface area (TPSA) is 71.4 Å². The Labute approximate surface area is 167 Å². The Morgan fingerprint density at radius 1 is 1.37 bits per heavy atom. The van der Waals surface area contributed by atoms with E-state index in [9.17, 15) is 9.59 Å². The molecule has 146 valence electrons. The maximum absolute atomic E-state index is 11.4. The lowest BCUT2D eigenvalue weighted by atomic mass is 9.79. The van der Waals surface area contributed by atoms with E-state index in [1.807, 2.05) is 22.3 Å². The molecule has 0 aromatic rings. The van der Waals surface area contributed by atoms with Crippen LogP contribution in [0.4, 0.5) is 0 Å². The number of rotatable bonds is 6. The molecule has 1 spiro atoms. The highest BCUT2D eigenvalue weighted by Crippen LogP contribution is 2.46. The first-order valence-corrected chi connectivity index (χ1v) is 9.71. The largest absolute Gasteiger partial charge is 0.466 e.